The maximum Gasteiger partial charge on any atom is 0.336 e. The average Bonchev–Trinajstić information content (AvgIpc) is 2.55. The molecule has 1 aromatic heterocycles. The quantitative estimate of drug-likeness (QED) is 0.656. The highest BCUT2D eigenvalue weighted by Crippen LogP contribution is 2.25. The Balaban J connectivity index is 1.62. The third-order valence-electron chi connectivity index (χ3n) is 3.22. The number of hydrogen-bond acceptors (Lipinski definition) is 4. The average molecular weight is 343 g/mol. The maximum absolute atomic E-state index is 11.3. The molecule has 0 saturated carbocycles. The van der Waals surface area contributed by atoms with Gasteiger partial charge in [0.05, 0.1) is 0 Å². The predicted molar refractivity (Wildman–Crippen MR) is 92.0 cm³/mol. The number of ether oxygens (including phenoxy) is 2. The topological polar surface area (TPSA) is 48.7 Å². The van der Waals surface area contributed by atoms with Gasteiger partial charge in [-0.1, -0.05) is 11.6 Å². The zero-order valence-electron chi connectivity index (χ0n) is 13.0. The minimum Gasteiger partial charge on any atom is -0.486 e. The number of aryl methyl sites for hydroxylation is 1. The van der Waals surface area contributed by atoms with Crippen molar-refractivity contribution >= 4 is 11.6 Å². The van der Waals surface area contributed by atoms with Crippen molar-refractivity contribution in [3.63, 3.8) is 0 Å². The lowest BCUT2D eigenvalue weighted by Gasteiger charge is -2.08. The van der Waals surface area contributed by atoms with Gasteiger partial charge in [-0.2, -0.15) is 0 Å². The van der Waals surface area contributed by atoms with Crippen LogP contribution in [-0.2, 0) is 6.61 Å². The summed E-state index contributed by atoms with van der Waals surface area (Å²) in [5.74, 6) is 2.53. The molecule has 0 atom stereocenters. The maximum atomic E-state index is 11.3. The van der Waals surface area contributed by atoms with Crippen LogP contribution in [0.4, 0.5) is 0 Å². The summed E-state index contributed by atoms with van der Waals surface area (Å²) in [7, 11) is 0. The first-order valence-corrected chi connectivity index (χ1v) is 7.73. The Labute approximate surface area is 144 Å². The fraction of sp³-hybridized carbons (Fsp3) is 0.105. The highest BCUT2D eigenvalue weighted by atomic mass is 35.5. The minimum atomic E-state index is -0.375. The molecule has 0 unspecified atom stereocenters. The molecule has 24 heavy (non-hydrogen) atoms. The zero-order valence-corrected chi connectivity index (χ0v) is 13.7. The predicted octanol–water partition coefficient (Wildman–Crippen LogP) is 4.97. The first kappa shape index (κ1) is 16.1. The van der Waals surface area contributed by atoms with Crippen molar-refractivity contribution in [3.05, 3.63) is 87.4 Å². The third kappa shape index (κ3) is 4.40. The molecule has 0 bridgehead atoms. The second kappa shape index (κ2) is 7.23. The summed E-state index contributed by atoms with van der Waals surface area (Å²) in [4.78, 5) is 11.3. The molecule has 0 spiro atoms. The summed E-state index contributed by atoms with van der Waals surface area (Å²) >= 11 is 5.84. The van der Waals surface area contributed by atoms with Crippen LogP contribution in [0.3, 0.4) is 0 Å². The zero-order chi connectivity index (χ0) is 16.9. The molecule has 0 amide bonds. The summed E-state index contributed by atoms with van der Waals surface area (Å²) in [6.45, 7) is 2.03. The van der Waals surface area contributed by atoms with Gasteiger partial charge in [-0.25, -0.2) is 4.79 Å². The normalized spacial score (nSPS) is 10.4. The van der Waals surface area contributed by atoms with Gasteiger partial charge in [0.1, 0.15) is 29.6 Å². The van der Waals surface area contributed by atoms with Crippen LogP contribution in [0, 0.1) is 6.92 Å². The van der Waals surface area contributed by atoms with E-state index in [0.29, 0.717) is 28.0 Å². The van der Waals surface area contributed by atoms with Crippen molar-refractivity contribution in [3.8, 4) is 17.2 Å². The van der Waals surface area contributed by atoms with E-state index in [2.05, 4.69) is 0 Å². The number of benzene rings is 2. The van der Waals surface area contributed by atoms with E-state index in [4.69, 9.17) is 25.5 Å². The first-order chi connectivity index (χ1) is 11.6. The van der Waals surface area contributed by atoms with Crippen LogP contribution in [0.25, 0.3) is 0 Å². The van der Waals surface area contributed by atoms with E-state index in [1.54, 1.807) is 54.6 Å². The van der Waals surface area contributed by atoms with Crippen LogP contribution in [0.1, 0.15) is 11.3 Å². The SMILES string of the molecule is Cc1cc(COc2ccc(Oc3ccc(Cl)cc3)cc2)oc(=O)c1. The van der Waals surface area contributed by atoms with Crippen molar-refractivity contribution in [2.24, 2.45) is 0 Å². The fourth-order valence-electron chi connectivity index (χ4n) is 2.14. The van der Waals surface area contributed by atoms with E-state index in [0.717, 1.165) is 5.56 Å². The van der Waals surface area contributed by atoms with Crippen LogP contribution in [0.2, 0.25) is 5.02 Å². The van der Waals surface area contributed by atoms with Gasteiger partial charge in [0, 0.05) is 11.1 Å². The molecule has 2 aromatic carbocycles. The molecule has 4 nitrogen and oxygen atoms in total. The molecular formula is C19H15ClO4. The molecule has 0 aliphatic heterocycles. The molecule has 0 fully saturated rings. The monoisotopic (exact) mass is 342 g/mol. The van der Waals surface area contributed by atoms with Gasteiger partial charge in [-0.05, 0) is 67.1 Å². The Morgan fingerprint density at radius 2 is 1.50 bits per heavy atom. The van der Waals surface area contributed by atoms with E-state index in [1.165, 1.54) is 6.07 Å². The second-order valence-corrected chi connectivity index (χ2v) is 5.67. The Bertz CT molecular complexity index is 867. The Morgan fingerprint density at radius 1 is 0.917 bits per heavy atom. The van der Waals surface area contributed by atoms with Crippen LogP contribution in [-0.4, -0.2) is 0 Å². The molecule has 1 heterocycles. The van der Waals surface area contributed by atoms with Gasteiger partial charge in [0.15, 0.2) is 0 Å². The highest BCUT2D eigenvalue weighted by molar-refractivity contribution is 6.30. The van der Waals surface area contributed by atoms with Crippen LogP contribution < -0.4 is 15.1 Å². The summed E-state index contributed by atoms with van der Waals surface area (Å²) in [6.07, 6.45) is 0. The van der Waals surface area contributed by atoms with E-state index in [1.807, 2.05) is 6.92 Å². The lowest BCUT2D eigenvalue weighted by atomic mass is 10.3. The van der Waals surface area contributed by atoms with Crippen molar-refractivity contribution in [1.29, 1.82) is 0 Å². The summed E-state index contributed by atoms with van der Waals surface area (Å²) in [5.41, 5.74) is 0.469. The molecule has 5 heteroatoms. The molecule has 122 valence electrons. The van der Waals surface area contributed by atoms with E-state index >= 15 is 0 Å². The van der Waals surface area contributed by atoms with E-state index in [9.17, 15) is 4.79 Å². The largest absolute Gasteiger partial charge is 0.486 e. The van der Waals surface area contributed by atoms with Crippen LogP contribution >= 0.6 is 11.6 Å². The minimum absolute atomic E-state index is 0.189. The van der Waals surface area contributed by atoms with Crippen molar-refractivity contribution in [2.75, 3.05) is 0 Å². The standard InChI is InChI=1S/C19H15ClO4/c1-13-10-18(24-19(21)11-13)12-22-15-6-8-17(9-7-15)23-16-4-2-14(20)3-5-16/h2-11H,12H2,1H3. The Kier molecular flexibility index (Phi) is 4.87. The first-order valence-electron chi connectivity index (χ1n) is 7.35. The number of halogens is 1. The van der Waals surface area contributed by atoms with Gasteiger partial charge in [0.2, 0.25) is 0 Å². The molecule has 0 saturated heterocycles. The van der Waals surface area contributed by atoms with Crippen LogP contribution in [0.5, 0.6) is 17.2 Å². The van der Waals surface area contributed by atoms with Gasteiger partial charge in [-0.3, -0.25) is 0 Å². The number of rotatable bonds is 5. The molecule has 0 aliphatic rings. The summed E-state index contributed by atoms with van der Waals surface area (Å²) in [5, 5.41) is 0.661. The van der Waals surface area contributed by atoms with E-state index in [-0.39, 0.29) is 12.2 Å². The fourth-order valence-corrected chi connectivity index (χ4v) is 2.26. The molecule has 3 rings (SSSR count). The lowest BCUT2D eigenvalue weighted by Crippen LogP contribution is -2.03. The van der Waals surface area contributed by atoms with Crippen LogP contribution in [0.15, 0.2) is 69.9 Å². The smallest absolute Gasteiger partial charge is 0.336 e. The number of hydrogen-bond donors (Lipinski definition) is 0. The van der Waals surface area contributed by atoms with Gasteiger partial charge in [0.25, 0.3) is 0 Å². The second-order valence-electron chi connectivity index (χ2n) is 5.24. The molecule has 0 radical (unpaired) electrons. The third-order valence-corrected chi connectivity index (χ3v) is 3.47. The summed E-state index contributed by atoms with van der Waals surface area (Å²) < 4.78 is 16.4. The molecule has 0 aliphatic carbocycles. The molecule has 3 aromatic rings. The Hall–Kier alpha value is -2.72. The van der Waals surface area contributed by atoms with Gasteiger partial charge >= 0.3 is 5.63 Å². The van der Waals surface area contributed by atoms with Crippen molar-refractivity contribution < 1.29 is 13.9 Å². The van der Waals surface area contributed by atoms with Gasteiger partial charge in [-0.15, -0.1) is 0 Å². The summed E-state index contributed by atoms with van der Waals surface area (Å²) in [6, 6.07) is 17.5. The Morgan fingerprint density at radius 3 is 2.12 bits per heavy atom. The van der Waals surface area contributed by atoms with E-state index < -0.39 is 0 Å². The van der Waals surface area contributed by atoms with Crippen molar-refractivity contribution in [2.45, 2.75) is 13.5 Å². The molecular weight excluding hydrogens is 328 g/mol. The highest BCUT2D eigenvalue weighted by Gasteiger charge is 2.02. The lowest BCUT2D eigenvalue weighted by molar-refractivity contribution is 0.261. The van der Waals surface area contributed by atoms with Gasteiger partial charge < -0.3 is 13.9 Å². The van der Waals surface area contributed by atoms with Crippen molar-refractivity contribution in [1.82, 2.24) is 0 Å². The molecule has 0 N–H and O–H groups in total.